The molecule has 0 bridgehead atoms. The van der Waals surface area contributed by atoms with E-state index in [1.165, 1.54) is 0 Å². The van der Waals surface area contributed by atoms with E-state index in [0.717, 1.165) is 23.1 Å². The molecule has 1 N–H and O–H groups in total. The summed E-state index contributed by atoms with van der Waals surface area (Å²) in [6.07, 6.45) is 4.35. The van der Waals surface area contributed by atoms with Crippen LogP contribution in [0.5, 0.6) is 0 Å². The van der Waals surface area contributed by atoms with Crippen molar-refractivity contribution in [2.24, 2.45) is 0 Å². The lowest BCUT2D eigenvalue weighted by molar-refractivity contribution is 0.536. The van der Waals surface area contributed by atoms with Gasteiger partial charge in [0.1, 0.15) is 0 Å². The second kappa shape index (κ2) is 5.32. The first kappa shape index (κ1) is 13.4. The van der Waals surface area contributed by atoms with Crippen LogP contribution in [0.25, 0.3) is 11.2 Å². The fraction of sp³-hybridized carbons (Fsp3) is 0.500. The highest BCUT2D eigenvalue weighted by molar-refractivity contribution is 7.84. The van der Waals surface area contributed by atoms with Gasteiger partial charge in [0.25, 0.3) is 0 Å². The lowest BCUT2D eigenvalue weighted by Crippen LogP contribution is -2.09. The molecule has 2 rings (SSSR count). The fourth-order valence-corrected chi connectivity index (χ4v) is 3.06. The Bertz CT molecular complexity index is 644. The van der Waals surface area contributed by atoms with Gasteiger partial charge < -0.3 is 4.98 Å². The molecule has 4 nitrogen and oxygen atoms in total. The zero-order valence-corrected chi connectivity index (χ0v) is 12.4. The maximum atomic E-state index is 11.2. The third-order valence-electron chi connectivity index (χ3n) is 3.08. The van der Waals surface area contributed by atoms with Crippen molar-refractivity contribution in [3.05, 3.63) is 22.6 Å². The van der Waals surface area contributed by atoms with E-state index < -0.39 is 10.8 Å². The minimum atomic E-state index is -0.770. The molecule has 0 fully saturated rings. The third kappa shape index (κ3) is 2.54. The van der Waals surface area contributed by atoms with Crippen LogP contribution in [0.15, 0.2) is 12.3 Å². The molecular formula is C12H17N3OS2. The Balaban J connectivity index is 2.44. The molecule has 2 aromatic rings. The van der Waals surface area contributed by atoms with Crippen LogP contribution in [0.4, 0.5) is 0 Å². The van der Waals surface area contributed by atoms with E-state index in [2.05, 4.69) is 16.9 Å². The Labute approximate surface area is 114 Å². The Kier molecular flexibility index (Phi) is 3.97. The van der Waals surface area contributed by atoms with Crippen LogP contribution in [0.3, 0.4) is 0 Å². The SMILES string of the molecule is Cc1ccnc2c1[nH]c(=S)n2C(C)CCS(C)=O. The van der Waals surface area contributed by atoms with Crippen LogP contribution in [0, 0.1) is 11.7 Å². The number of nitrogens with zero attached hydrogens (tertiary/aromatic N) is 2. The summed E-state index contributed by atoms with van der Waals surface area (Å²) >= 11 is 5.36. The van der Waals surface area contributed by atoms with Gasteiger partial charge in [-0.1, -0.05) is 0 Å². The maximum absolute atomic E-state index is 11.2. The summed E-state index contributed by atoms with van der Waals surface area (Å²) in [5.41, 5.74) is 3.01. The molecule has 18 heavy (non-hydrogen) atoms. The van der Waals surface area contributed by atoms with Crippen molar-refractivity contribution >= 4 is 34.2 Å². The topological polar surface area (TPSA) is 50.7 Å². The van der Waals surface area contributed by atoms with Crippen LogP contribution in [-0.2, 0) is 10.8 Å². The molecule has 0 aromatic carbocycles. The highest BCUT2D eigenvalue weighted by Crippen LogP contribution is 2.21. The predicted octanol–water partition coefficient (Wildman–Crippen LogP) is 2.73. The van der Waals surface area contributed by atoms with E-state index in [-0.39, 0.29) is 6.04 Å². The van der Waals surface area contributed by atoms with Gasteiger partial charge >= 0.3 is 0 Å². The number of H-pyrrole nitrogens is 1. The van der Waals surface area contributed by atoms with Crippen molar-refractivity contribution in [2.75, 3.05) is 12.0 Å². The summed E-state index contributed by atoms with van der Waals surface area (Å²) in [6.45, 7) is 4.12. The number of hydrogen-bond acceptors (Lipinski definition) is 3. The van der Waals surface area contributed by atoms with E-state index in [9.17, 15) is 4.21 Å². The van der Waals surface area contributed by atoms with Crippen LogP contribution in [0.2, 0.25) is 0 Å². The molecule has 2 aromatic heterocycles. The Morgan fingerprint density at radius 1 is 1.61 bits per heavy atom. The molecule has 0 aliphatic heterocycles. The largest absolute Gasteiger partial charge is 0.329 e. The number of rotatable bonds is 4. The molecule has 6 heteroatoms. The fourth-order valence-electron chi connectivity index (χ4n) is 2.02. The molecule has 98 valence electrons. The van der Waals surface area contributed by atoms with Crippen molar-refractivity contribution < 1.29 is 4.21 Å². The number of aromatic amines is 1. The van der Waals surface area contributed by atoms with E-state index in [1.54, 1.807) is 12.5 Å². The van der Waals surface area contributed by atoms with Gasteiger partial charge in [0, 0.05) is 35.0 Å². The molecule has 0 spiro atoms. The highest BCUT2D eigenvalue weighted by atomic mass is 32.2. The first-order chi connectivity index (χ1) is 8.50. The van der Waals surface area contributed by atoms with Gasteiger partial charge in [0.2, 0.25) is 0 Å². The Morgan fingerprint density at radius 2 is 2.33 bits per heavy atom. The average molecular weight is 283 g/mol. The van der Waals surface area contributed by atoms with E-state index >= 15 is 0 Å². The van der Waals surface area contributed by atoms with Crippen molar-refractivity contribution in [1.82, 2.24) is 14.5 Å². The predicted molar refractivity (Wildman–Crippen MR) is 77.9 cm³/mol. The molecule has 0 aliphatic carbocycles. The molecule has 2 heterocycles. The van der Waals surface area contributed by atoms with Crippen LogP contribution >= 0.6 is 12.2 Å². The Morgan fingerprint density at radius 3 is 3.00 bits per heavy atom. The number of imidazole rings is 1. The van der Waals surface area contributed by atoms with Gasteiger partial charge in [-0.15, -0.1) is 0 Å². The smallest absolute Gasteiger partial charge is 0.179 e. The minimum absolute atomic E-state index is 0.199. The van der Waals surface area contributed by atoms with Crippen molar-refractivity contribution in [3.8, 4) is 0 Å². The summed E-state index contributed by atoms with van der Waals surface area (Å²) in [5.74, 6) is 0.682. The number of fused-ring (bicyclic) bond motifs is 1. The second-order valence-electron chi connectivity index (χ2n) is 4.54. The van der Waals surface area contributed by atoms with E-state index in [1.807, 2.05) is 17.6 Å². The lowest BCUT2D eigenvalue weighted by Gasteiger charge is -2.13. The maximum Gasteiger partial charge on any atom is 0.179 e. The average Bonchev–Trinajstić information content (AvgIpc) is 2.64. The minimum Gasteiger partial charge on any atom is -0.329 e. The summed E-state index contributed by atoms with van der Waals surface area (Å²) in [4.78, 5) is 7.60. The van der Waals surface area contributed by atoms with Gasteiger partial charge in [-0.25, -0.2) is 4.98 Å². The van der Waals surface area contributed by atoms with Gasteiger partial charge in [0.15, 0.2) is 10.4 Å². The number of hydrogen-bond donors (Lipinski definition) is 1. The second-order valence-corrected chi connectivity index (χ2v) is 6.48. The standard InChI is InChI=1S/C12H17N3OS2/c1-8-4-6-13-11-10(8)14-12(17)15(11)9(2)5-7-18(3)16/h4,6,9H,5,7H2,1-3H3,(H,14,17). The quantitative estimate of drug-likeness (QED) is 0.878. The zero-order valence-electron chi connectivity index (χ0n) is 10.8. The number of nitrogens with one attached hydrogen (secondary N) is 1. The number of aromatic nitrogens is 3. The number of pyridine rings is 1. The van der Waals surface area contributed by atoms with E-state index in [0.29, 0.717) is 10.5 Å². The third-order valence-corrected chi connectivity index (χ3v) is 4.19. The van der Waals surface area contributed by atoms with Crippen molar-refractivity contribution in [2.45, 2.75) is 26.3 Å². The van der Waals surface area contributed by atoms with Gasteiger partial charge in [-0.3, -0.25) is 8.78 Å². The molecule has 2 atom stereocenters. The normalized spacial score (nSPS) is 14.8. The van der Waals surface area contributed by atoms with Gasteiger partial charge in [-0.2, -0.15) is 0 Å². The monoisotopic (exact) mass is 283 g/mol. The summed E-state index contributed by atoms with van der Waals surface area (Å²) in [6, 6.07) is 2.16. The van der Waals surface area contributed by atoms with Crippen LogP contribution < -0.4 is 0 Å². The molecule has 0 radical (unpaired) electrons. The van der Waals surface area contributed by atoms with Gasteiger partial charge in [-0.05, 0) is 44.1 Å². The molecule has 0 saturated heterocycles. The van der Waals surface area contributed by atoms with Crippen molar-refractivity contribution in [1.29, 1.82) is 0 Å². The van der Waals surface area contributed by atoms with Crippen molar-refractivity contribution in [3.63, 3.8) is 0 Å². The molecular weight excluding hydrogens is 266 g/mol. The van der Waals surface area contributed by atoms with Crippen LogP contribution in [-0.4, -0.2) is 30.8 Å². The Hall–Kier alpha value is -1.01. The summed E-state index contributed by atoms with van der Waals surface area (Å²) < 4.78 is 13.9. The molecule has 2 unspecified atom stereocenters. The van der Waals surface area contributed by atoms with Gasteiger partial charge in [0.05, 0.1) is 5.52 Å². The first-order valence-electron chi connectivity index (χ1n) is 5.86. The van der Waals surface area contributed by atoms with Crippen LogP contribution in [0.1, 0.15) is 24.9 Å². The number of aryl methyl sites for hydroxylation is 1. The zero-order chi connectivity index (χ0) is 13.3. The molecule has 0 amide bonds. The lowest BCUT2D eigenvalue weighted by atomic mass is 10.2. The summed E-state index contributed by atoms with van der Waals surface area (Å²) in [5, 5.41) is 0. The summed E-state index contributed by atoms with van der Waals surface area (Å²) in [7, 11) is -0.770. The molecule has 0 aliphatic rings. The van der Waals surface area contributed by atoms with E-state index in [4.69, 9.17) is 12.2 Å². The first-order valence-corrected chi connectivity index (χ1v) is 8.00. The molecule has 0 saturated carbocycles. The highest BCUT2D eigenvalue weighted by Gasteiger charge is 2.13.